The largest absolute Gasteiger partial charge is 0.497 e. The summed E-state index contributed by atoms with van der Waals surface area (Å²) in [7, 11) is 1.59. The second-order valence-electron chi connectivity index (χ2n) is 3.65. The summed E-state index contributed by atoms with van der Waals surface area (Å²) in [6.07, 6.45) is 0.694. The lowest BCUT2D eigenvalue weighted by Gasteiger charge is -2.19. The van der Waals surface area contributed by atoms with Crippen molar-refractivity contribution in [2.75, 3.05) is 7.11 Å². The molecular weight excluding hydrogens is 206 g/mol. The van der Waals surface area contributed by atoms with E-state index in [0.717, 1.165) is 11.3 Å². The maximum atomic E-state index is 10.8. The first kappa shape index (κ1) is 12.5. The first-order valence-corrected chi connectivity index (χ1v) is 5.22. The lowest BCUT2D eigenvalue weighted by Crippen LogP contribution is -2.36. The highest BCUT2D eigenvalue weighted by atomic mass is 16.5. The summed E-state index contributed by atoms with van der Waals surface area (Å²) in [5.74, 6) is -0.381. The lowest BCUT2D eigenvalue weighted by molar-refractivity contribution is -0.139. The van der Waals surface area contributed by atoms with Crippen LogP contribution in [0.25, 0.3) is 0 Å². The number of hydrogen-bond donors (Lipinski definition) is 2. The molecule has 0 aliphatic heterocycles. The smallest absolute Gasteiger partial charge is 0.321 e. The molecule has 0 spiro atoms. The Morgan fingerprint density at radius 1 is 1.44 bits per heavy atom. The maximum absolute atomic E-state index is 10.8. The second kappa shape index (κ2) is 5.51. The number of nitrogens with two attached hydrogens (primary N) is 1. The molecule has 1 aromatic rings. The van der Waals surface area contributed by atoms with Gasteiger partial charge in [-0.3, -0.25) is 4.79 Å². The monoisotopic (exact) mass is 223 g/mol. The number of methoxy groups -OCH3 is 1. The van der Waals surface area contributed by atoms with Gasteiger partial charge in [0.05, 0.1) is 7.11 Å². The number of aliphatic carboxylic acids is 1. The third kappa shape index (κ3) is 2.73. The van der Waals surface area contributed by atoms with Crippen LogP contribution in [-0.2, 0) is 4.79 Å². The van der Waals surface area contributed by atoms with Gasteiger partial charge in [-0.05, 0) is 24.1 Å². The standard InChI is InChI=1S/C12H17NO3/c1-3-10(11(13)12(14)15)8-4-6-9(16-2)7-5-8/h4-7,10-11H,3,13H2,1-2H3,(H,14,15). The molecule has 88 valence electrons. The molecule has 0 aliphatic carbocycles. The minimum Gasteiger partial charge on any atom is -0.497 e. The van der Waals surface area contributed by atoms with Crippen molar-refractivity contribution in [3.63, 3.8) is 0 Å². The Bertz CT molecular complexity index is 348. The molecule has 2 atom stereocenters. The highest BCUT2D eigenvalue weighted by molar-refractivity contribution is 5.74. The topological polar surface area (TPSA) is 72.5 Å². The van der Waals surface area contributed by atoms with Crippen LogP contribution in [0.5, 0.6) is 5.75 Å². The average Bonchev–Trinajstić information content (AvgIpc) is 2.30. The molecule has 4 heteroatoms. The molecule has 0 aromatic heterocycles. The van der Waals surface area contributed by atoms with E-state index < -0.39 is 12.0 Å². The van der Waals surface area contributed by atoms with Gasteiger partial charge in [-0.2, -0.15) is 0 Å². The molecule has 3 N–H and O–H groups in total. The van der Waals surface area contributed by atoms with E-state index in [2.05, 4.69) is 0 Å². The van der Waals surface area contributed by atoms with Gasteiger partial charge in [0.25, 0.3) is 0 Å². The lowest BCUT2D eigenvalue weighted by atomic mass is 9.89. The number of carboxylic acids is 1. The van der Waals surface area contributed by atoms with Crippen LogP contribution < -0.4 is 10.5 Å². The number of benzene rings is 1. The summed E-state index contributed by atoms with van der Waals surface area (Å²) in [6, 6.07) is 6.48. The van der Waals surface area contributed by atoms with Crippen molar-refractivity contribution in [3.8, 4) is 5.75 Å². The minimum atomic E-state index is -0.970. The molecule has 0 radical (unpaired) electrons. The van der Waals surface area contributed by atoms with Crippen LogP contribution in [0, 0.1) is 0 Å². The predicted octanol–water partition coefficient (Wildman–Crippen LogP) is 1.60. The molecule has 0 heterocycles. The molecular formula is C12H17NO3. The van der Waals surface area contributed by atoms with E-state index in [-0.39, 0.29) is 5.92 Å². The summed E-state index contributed by atoms with van der Waals surface area (Å²) in [5, 5.41) is 8.90. The molecule has 1 aromatic carbocycles. The van der Waals surface area contributed by atoms with E-state index >= 15 is 0 Å². The van der Waals surface area contributed by atoms with Crippen molar-refractivity contribution < 1.29 is 14.6 Å². The van der Waals surface area contributed by atoms with Crippen molar-refractivity contribution >= 4 is 5.97 Å². The van der Waals surface area contributed by atoms with E-state index in [4.69, 9.17) is 15.6 Å². The molecule has 2 unspecified atom stereocenters. The molecule has 0 fully saturated rings. The van der Waals surface area contributed by atoms with Crippen molar-refractivity contribution in [2.45, 2.75) is 25.3 Å². The average molecular weight is 223 g/mol. The van der Waals surface area contributed by atoms with Crippen LogP contribution in [-0.4, -0.2) is 24.2 Å². The van der Waals surface area contributed by atoms with E-state index in [1.54, 1.807) is 7.11 Å². The van der Waals surface area contributed by atoms with Crippen LogP contribution in [0.4, 0.5) is 0 Å². The van der Waals surface area contributed by atoms with Gasteiger partial charge < -0.3 is 15.6 Å². The fourth-order valence-corrected chi connectivity index (χ4v) is 1.72. The van der Waals surface area contributed by atoms with Crippen LogP contribution in [0.1, 0.15) is 24.8 Å². The molecule has 0 bridgehead atoms. The van der Waals surface area contributed by atoms with E-state index in [1.807, 2.05) is 31.2 Å². The number of carbonyl (C=O) groups is 1. The normalized spacial score (nSPS) is 14.2. The third-order valence-corrected chi connectivity index (χ3v) is 2.70. The van der Waals surface area contributed by atoms with Crippen molar-refractivity contribution in [2.24, 2.45) is 5.73 Å². The second-order valence-corrected chi connectivity index (χ2v) is 3.65. The predicted molar refractivity (Wildman–Crippen MR) is 61.6 cm³/mol. The van der Waals surface area contributed by atoms with Gasteiger partial charge in [0.2, 0.25) is 0 Å². The molecule has 16 heavy (non-hydrogen) atoms. The summed E-state index contributed by atoms with van der Waals surface area (Å²) in [6.45, 7) is 1.93. The Kier molecular flexibility index (Phi) is 4.31. The fourth-order valence-electron chi connectivity index (χ4n) is 1.72. The molecule has 4 nitrogen and oxygen atoms in total. The van der Waals surface area contributed by atoms with Crippen molar-refractivity contribution in [1.29, 1.82) is 0 Å². The Morgan fingerprint density at radius 3 is 2.38 bits per heavy atom. The molecule has 0 saturated carbocycles. The van der Waals surface area contributed by atoms with Crippen LogP contribution in [0.3, 0.4) is 0 Å². The Morgan fingerprint density at radius 2 is 2.00 bits per heavy atom. The van der Waals surface area contributed by atoms with Crippen LogP contribution in [0.2, 0.25) is 0 Å². The van der Waals surface area contributed by atoms with E-state index in [0.29, 0.717) is 6.42 Å². The van der Waals surface area contributed by atoms with Gasteiger partial charge >= 0.3 is 5.97 Å². The highest BCUT2D eigenvalue weighted by Crippen LogP contribution is 2.24. The van der Waals surface area contributed by atoms with E-state index in [9.17, 15) is 4.79 Å². The molecule has 0 amide bonds. The number of carboxylic acid groups (broad SMARTS) is 1. The number of hydrogen-bond acceptors (Lipinski definition) is 3. The Labute approximate surface area is 95.0 Å². The van der Waals surface area contributed by atoms with Crippen molar-refractivity contribution in [3.05, 3.63) is 29.8 Å². The minimum absolute atomic E-state index is 0.164. The van der Waals surface area contributed by atoms with Crippen LogP contribution >= 0.6 is 0 Å². The van der Waals surface area contributed by atoms with Crippen molar-refractivity contribution in [1.82, 2.24) is 0 Å². The van der Waals surface area contributed by atoms with Gasteiger partial charge in [-0.1, -0.05) is 19.1 Å². The van der Waals surface area contributed by atoms with E-state index in [1.165, 1.54) is 0 Å². The maximum Gasteiger partial charge on any atom is 0.321 e. The summed E-state index contributed by atoms with van der Waals surface area (Å²) in [5.41, 5.74) is 6.57. The fraction of sp³-hybridized carbons (Fsp3) is 0.417. The Balaban J connectivity index is 2.90. The van der Waals surface area contributed by atoms with Gasteiger partial charge in [0.15, 0.2) is 0 Å². The zero-order valence-corrected chi connectivity index (χ0v) is 9.51. The zero-order valence-electron chi connectivity index (χ0n) is 9.51. The third-order valence-electron chi connectivity index (χ3n) is 2.70. The van der Waals surface area contributed by atoms with Gasteiger partial charge in [0.1, 0.15) is 11.8 Å². The molecule has 1 rings (SSSR count). The summed E-state index contributed by atoms with van der Waals surface area (Å²) in [4.78, 5) is 10.8. The van der Waals surface area contributed by atoms with Crippen LogP contribution in [0.15, 0.2) is 24.3 Å². The SMILES string of the molecule is CCC(c1ccc(OC)cc1)C(N)C(=O)O. The van der Waals surface area contributed by atoms with Gasteiger partial charge in [-0.25, -0.2) is 0 Å². The molecule has 0 saturated heterocycles. The number of ether oxygens (including phenoxy) is 1. The highest BCUT2D eigenvalue weighted by Gasteiger charge is 2.23. The summed E-state index contributed by atoms with van der Waals surface area (Å²) >= 11 is 0. The number of rotatable bonds is 5. The van der Waals surface area contributed by atoms with Gasteiger partial charge in [0, 0.05) is 5.92 Å². The zero-order chi connectivity index (χ0) is 12.1. The Hall–Kier alpha value is -1.55. The molecule has 0 aliphatic rings. The quantitative estimate of drug-likeness (QED) is 0.795. The first-order chi connectivity index (χ1) is 7.60. The summed E-state index contributed by atoms with van der Waals surface area (Å²) < 4.78 is 5.04. The first-order valence-electron chi connectivity index (χ1n) is 5.22. The van der Waals surface area contributed by atoms with Gasteiger partial charge in [-0.15, -0.1) is 0 Å².